The lowest BCUT2D eigenvalue weighted by Gasteiger charge is -2.44. The van der Waals surface area contributed by atoms with Crippen molar-refractivity contribution in [2.75, 3.05) is 19.8 Å². The fourth-order valence-electron chi connectivity index (χ4n) is 4.56. The van der Waals surface area contributed by atoms with Gasteiger partial charge in [0.05, 0.1) is 19.8 Å². The summed E-state index contributed by atoms with van der Waals surface area (Å²) in [6.07, 6.45) is 2.58. The summed E-state index contributed by atoms with van der Waals surface area (Å²) in [4.78, 5) is 37.0. The first-order valence-corrected chi connectivity index (χ1v) is 15.1. The molecule has 0 aromatic heterocycles. The highest BCUT2D eigenvalue weighted by molar-refractivity contribution is 5.71. The number of hydrogen-bond donors (Lipinski definition) is 4. The maximum atomic E-state index is 12.9. The molecule has 12 nitrogen and oxygen atoms in total. The molecule has 41 heavy (non-hydrogen) atoms. The SMILES string of the molecule is CCCCCCCCCCCCCC(=O)OC1C(OC(C)=O)C(CO)OC(OCC(O)C(O)CO)C1OC(=O)CC. The highest BCUT2D eigenvalue weighted by atomic mass is 16.7. The van der Waals surface area contributed by atoms with Crippen molar-refractivity contribution in [2.45, 2.75) is 147 Å². The maximum absolute atomic E-state index is 12.9. The Hall–Kier alpha value is -1.83. The summed E-state index contributed by atoms with van der Waals surface area (Å²) in [6.45, 7) is 2.98. The highest BCUT2D eigenvalue weighted by Crippen LogP contribution is 2.30. The van der Waals surface area contributed by atoms with Crippen LogP contribution in [0.15, 0.2) is 0 Å². The Balaban J connectivity index is 2.82. The second kappa shape index (κ2) is 21.8. The Labute approximate surface area is 243 Å². The Bertz CT molecular complexity index is 733. The van der Waals surface area contributed by atoms with Crippen molar-refractivity contribution >= 4 is 17.9 Å². The van der Waals surface area contributed by atoms with Crippen LogP contribution in [0.5, 0.6) is 0 Å². The molecule has 0 radical (unpaired) electrons. The number of unbranched alkanes of at least 4 members (excludes halogenated alkanes) is 10. The van der Waals surface area contributed by atoms with Gasteiger partial charge in [-0.15, -0.1) is 0 Å². The average Bonchev–Trinajstić information content (AvgIpc) is 2.95. The summed E-state index contributed by atoms with van der Waals surface area (Å²) in [5.41, 5.74) is 0. The van der Waals surface area contributed by atoms with Crippen LogP contribution < -0.4 is 0 Å². The van der Waals surface area contributed by atoms with E-state index in [1.54, 1.807) is 6.92 Å². The third kappa shape index (κ3) is 14.8. The van der Waals surface area contributed by atoms with E-state index >= 15 is 0 Å². The summed E-state index contributed by atoms with van der Waals surface area (Å²) < 4.78 is 27.7. The van der Waals surface area contributed by atoms with Gasteiger partial charge >= 0.3 is 17.9 Å². The van der Waals surface area contributed by atoms with Gasteiger partial charge in [-0.3, -0.25) is 14.4 Å². The van der Waals surface area contributed by atoms with E-state index in [0.29, 0.717) is 6.42 Å². The standard InChI is InChI=1S/C29H52O12/c1-4-6-7-8-9-10-11-12-13-14-15-16-25(36)41-27-26(38-20(3)32)23(18-31)39-29(28(27)40-24(35)5-2)37-19-22(34)21(33)17-30/h21-23,26-31,33-34H,4-19H2,1-3H3. The van der Waals surface area contributed by atoms with Gasteiger partial charge in [0.25, 0.3) is 0 Å². The first kappa shape index (κ1) is 37.2. The monoisotopic (exact) mass is 592 g/mol. The molecule has 1 saturated heterocycles. The lowest BCUT2D eigenvalue weighted by atomic mass is 9.98. The zero-order chi connectivity index (χ0) is 30.6. The van der Waals surface area contributed by atoms with Gasteiger partial charge in [0, 0.05) is 19.8 Å². The summed E-state index contributed by atoms with van der Waals surface area (Å²) >= 11 is 0. The van der Waals surface area contributed by atoms with E-state index in [0.717, 1.165) is 26.2 Å². The van der Waals surface area contributed by atoms with Gasteiger partial charge in [0.1, 0.15) is 18.3 Å². The molecule has 0 saturated carbocycles. The molecule has 4 N–H and O–H groups in total. The van der Waals surface area contributed by atoms with Crippen molar-refractivity contribution in [3.8, 4) is 0 Å². The molecule has 240 valence electrons. The van der Waals surface area contributed by atoms with Crippen LogP contribution in [0.25, 0.3) is 0 Å². The number of esters is 3. The Morgan fingerprint density at radius 2 is 1.29 bits per heavy atom. The number of rotatable bonds is 22. The first-order chi connectivity index (χ1) is 19.7. The predicted molar refractivity (Wildman–Crippen MR) is 147 cm³/mol. The fraction of sp³-hybridized carbons (Fsp3) is 0.897. The van der Waals surface area contributed by atoms with Crippen LogP contribution in [-0.2, 0) is 38.1 Å². The normalized spacial score (nSPS) is 23.9. The van der Waals surface area contributed by atoms with Crippen LogP contribution in [-0.4, -0.2) is 101 Å². The molecule has 0 aromatic rings. The van der Waals surface area contributed by atoms with Gasteiger partial charge in [-0.1, -0.05) is 78.1 Å². The molecule has 0 aliphatic carbocycles. The average molecular weight is 593 g/mol. The molecule has 12 heteroatoms. The quantitative estimate of drug-likeness (QED) is 0.0820. The van der Waals surface area contributed by atoms with Crippen LogP contribution in [0.2, 0.25) is 0 Å². The molecule has 7 atom stereocenters. The zero-order valence-electron chi connectivity index (χ0n) is 24.9. The first-order valence-electron chi connectivity index (χ1n) is 15.1. The fourth-order valence-corrected chi connectivity index (χ4v) is 4.56. The Morgan fingerprint density at radius 3 is 1.80 bits per heavy atom. The summed E-state index contributed by atoms with van der Waals surface area (Å²) in [7, 11) is 0. The number of ether oxygens (including phenoxy) is 5. The zero-order valence-corrected chi connectivity index (χ0v) is 24.9. The molecule has 7 unspecified atom stereocenters. The van der Waals surface area contributed by atoms with E-state index in [1.165, 1.54) is 44.9 Å². The minimum absolute atomic E-state index is 0.0316. The van der Waals surface area contributed by atoms with Gasteiger partial charge in [0.2, 0.25) is 0 Å². The van der Waals surface area contributed by atoms with Crippen LogP contribution in [0.4, 0.5) is 0 Å². The Kier molecular flexibility index (Phi) is 19.8. The molecular formula is C29H52O12. The lowest BCUT2D eigenvalue weighted by molar-refractivity contribution is -0.312. The van der Waals surface area contributed by atoms with E-state index < -0.39 is 80.6 Å². The molecule has 1 heterocycles. The largest absolute Gasteiger partial charge is 0.456 e. The molecule has 0 bridgehead atoms. The van der Waals surface area contributed by atoms with E-state index in [2.05, 4.69) is 6.92 Å². The van der Waals surface area contributed by atoms with E-state index in [1.807, 2.05) is 0 Å². The molecule has 1 aliphatic heterocycles. The minimum Gasteiger partial charge on any atom is -0.456 e. The van der Waals surface area contributed by atoms with Gasteiger partial charge in [-0.05, 0) is 6.42 Å². The molecule has 0 amide bonds. The van der Waals surface area contributed by atoms with Crippen molar-refractivity contribution in [1.29, 1.82) is 0 Å². The smallest absolute Gasteiger partial charge is 0.306 e. The predicted octanol–water partition coefficient (Wildman–Crippen LogP) is 2.30. The number of hydrogen-bond acceptors (Lipinski definition) is 12. The second-order valence-electron chi connectivity index (χ2n) is 10.5. The maximum Gasteiger partial charge on any atom is 0.306 e. The van der Waals surface area contributed by atoms with Crippen molar-refractivity contribution in [2.24, 2.45) is 0 Å². The molecule has 1 rings (SSSR count). The van der Waals surface area contributed by atoms with Crippen LogP contribution in [0.3, 0.4) is 0 Å². The number of carbonyl (C=O) groups is 3. The van der Waals surface area contributed by atoms with Crippen molar-refractivity contribution in [1.82, 2.24) is 0 Å². The molecule has 1 aliphatic rings. The van der Waals surface area contributed by atoms with Crippen LogP contribution in [0, 0.1) is 0 Å². The van der Waals surface area contributed by atoms with Gasteiger partial charge in [-0.25, -0.2) is 0 Å². The molecular weight excluding hydrogens is 540 g/mol. The van der Waals surface area contributed by atoms with Gasteiger partial charge < -0.3 is 44.1 Å². The second-order valence-corrected chi connectivity index (χ2v) is 10.5. The number of aliphatic hydroxyl groups is 4. The van der Waals surface area contributed by atoms with Gasteiger partial charge in [-0.2, -0.15) is 0 Å². The summed E-state index contributed by atoms with van der Waals surface area (Å²) in [5, 5.41) is 38.6. The highest BCUT2D eigenvalue weighted by Gasteiger charge is 2.52. The van der Waals surface area contributed by atoms with E-state index in [4.69, 9.17) is 28.8 Å². The summed E-state index contributed by atoms with van der Waals surface area (Å²) in [6, 6.07) is 0. The third-order valence-corrected chi connectivity index (χ3v) is 6.94. The van der Waals surface area contributed by atoms with E-state index in [-0.39, 0.29) is 12.8 Å². The van der Waals surface area contributed by atoms with Gasteiger partial charge in [0.15, 0.2) is 24.6 Å². The lowest BCUT2D eigenvalue weighted by Crippen LogP contribution is -2.63. The van der Waals surface area contributed by atoms with Crippen molar-refractivity contribution in [3.63, 3.8) is 0 Å². The topological polar surface area (TPSA) is 178 Å². The summed E-state index contributed by atoms with van der Waals surface area (Å²) in [5.74, 6) is -2.02. The third-order valence-electron chi connectivity index (χ3n) is 6.94. The number of aliphatic hydroxyl groups excluding tert-OH is 4. The van der Waals surface area contributed by atoms with Crippen LogP contribution in [0.1, 0.15) is 104 Å². The molecule has 0 aromatic carbocycles. The molecule has 0 spiro atoms. The Morgan fingerprint density at radius 1 is 0.732 bits per heavy atom. The number of carbonyl (C=O) groups excluding carboxylic acids is 3. The minimum atomic E-state index is -1.51. The van der Waals surface area contributed by atoms with Crippen molar-refractivity contribution < 1.29 is 58.5 Å². The van der Waals surface area contributed by atoms with E-state index in [9.17, 15) is 29.7 Å². The van der Waals surface area contributed by atoms with Crippen LogP contribution >= 0.6 is 0 Å². The molecule has 1 fully saturated rings. The van der Waals surface area contributed by atoms with Crippen molar-refractivity contribution in [3.05, 3.63) is 0 Å².